The van der Waals surface area contributed by atoms with Crippen LogP contribution in [0, 0.1) is 6.92 Å². The van der Waals surface area contributed by atoms with Gasteiger partial charge in [-0.25, -0.2) is 0 Å². The number of alkyl halides is 6. The molecule has 0 spiro atoms. The van der Waals surface area contributed by atoms with Crippen molar-refractivity contribution in [2.45, 2.75) is 19.3 Å². The van der Waals surface area contributed by atoms with Gasteiger partial charge in [0.05, 0.1) is 16.8 Å². The van der Waals surface area contributed by atoms with E-state index >= 15 is 0 Å². The summed E-state index contributed by atoms with van der Waals surface area (Å²) in [6.45, 7) is 1.70. The van der Waals surface area contributed by atoms with Gasteiger partial charge in [0.25, 0.3) is 5.89 Å². The van der Waals surface area contributed by atoms with Crippen molar-refractivity contribution in [1.82, 2.24) is 19.9 Å². The number of rotatable bonds is 3. The second-order valence-corrected chi connectivity index (χ2v) is 6.36. The molecule has 0 aliphatic carbocycles. The zero-order chi connectivity index (χ0) is 21.6. The molecule has 0 fully saturated rings. The van der Waals surface area contributed by atoms with Crippen molar-refractivity contribution < 1.29 is 30.9 Å². The Morgan fingerprint density at radius 2 is 1.59 bits per heavy atom. The number of hydrogen-bond acceptors (Lipinski definition) is 4. The largest absolute Gasteiger partial charge is 0.416 e. The molecule has 2 heterocycles. The van der Waals surface area contributed by atoms with Gasteiger partial charge < -0.3 is 4.52 Å². The summed E-state index contributed by atoms with van der Waals surface area (Å²) in [6.07, 6.45) is -7.13. The lowest BCUT2D eigenvalue weighted by atomic mass is 10.0. The van der Waals surface area contributed by atoms with Crippen molar-refractivity contribution in [3.05, 3.63) is 51.6 Å². The molecule has 0 saturated heterocycles. The molecule has 3 aromatic rings. The molecule has 0 aliphatic rings. The van der Waals surface area contributed by atoms with Gasteiger partial charge in [0.1, 0.15) is 5.15 Å². The van der Waals surface area contributed by atoms with Crippen LogP contribution in [0.4, 0.5) is 26.3 Å². The fourth-order valence-corrected chi connectivity index (χ4v) is 2.73. The maximum Gasteiger partial charge on any atom is 0.416 e. The van der Waals surface area contributed by atoms with Crippen LogP contribution in [0.3, 0.4) is 0 Å². The average molecular weight is 437 g/mol. The molecule has 0 N–H and O–H groups in total. The zero-order valence-corrected chi connectivity index (χ0v) is 15.5. The number of aromatic nitrogens is 4. The molecule has 0 aliphatic heterocycles. The molecule has 0 amide bonds. The molecule has 0 saturated carbocycles. The third kappa shape index (κ3) is 4.44. The van der Waals surface area contributed by atoms with Gasteiger partial charge in [0.2, 0.25) is 5.82 Å². The molecule has 1 aromatic carbocycles. The Balaban J connectivity index is 1.98. The summed E-state index contributed by atoms with van der Waals surface area (Å²) in [5, 5.41) is 7.89. The van der Waals surface area contributed by atoms with Crippen LogP contribution >= 0.6 is 11.6 Å². The van der Waals surface area contributed by atoms with Gasteiger partial charge in [-0.3, -0.25) is 4.68 Å². The van der Waals surface area contributed by atoms with Crippen molar-refractivity contribution in [3.63, 3.8) is 0 Å². The van der Waals surface area contributed by atoms with Crippen molar-refractivity contribution in [3.8, 4) is 11.4 Å². The maximum absolute atomic E-state index is 13.0. The Labute approximate surface area is 164 Å². The molecular weight excluding hydrogens is 426 g/mol. The third-order valence-electron chi connectivity index (χ3n) is 3.88. The standard InChI is InChI=1S/C17H11ClF6N4O/c1-8-12(14(18)28(2)26-8)3-4-13-25-15(27-29-13)9-5-10(16(19,20)21)7-11(6-9)17(22,23)24/h3-7H,1-2H3/b4-3+. The van der Waals surface area contributed by atoms with E-state index in [0.29, 0.717) is 28.5 Å². The first kappa shape index (κ1) is 20.9. The van der Waals surface area contributed by atoms with E-state index in [-0.39, 0.29) is 12.0 Å². The van der Waals surface area contributed by atoms with Gasteiger partial charge in [-0.1, -0.05) is 16.8 Å². The van der Waals surface area contributed by atoms with Crippen molar-refractivity contribution in [2.24, 2.45) is 7.05 Å². The van der Waals surface area contributed by atoms with Gasteiger partial charge in [-0.05, 0) is 31.2 Å². The third-order valence-corrected chi connectivity index (χ3v) is 4.32. The number of aryl methyl sites for hydroxylation is 2. The maximum atomic E-state index is 13.0. The second kappa shape index (κ2) is 7.21. The smallest absolute Gasteiger partial charge is 0.334 e. The number of halogens is 7. The Bertz CT molecular complexity index is 1050. The molecule has 5 nitrogen and oxygen atoms in total. The minimum absolute atomic E-state index is 0.0254. The average Bonchev–Trinajstić information content (AvgIpc) is 3.17. The fourth-order valence-electron chi connectivity index (χ4n) is 2.49. The van der Waals surface area contributed by atoms with Gasteiger partial charge >= 0.3 is 12.4 Å². The van der Waals surface area contributed by atoms with Crippen molar-refractivity contribution in [1.29, 1.82) is 0 Å². The second-order valence-electron chi connectivity index (χ2n) is 6.00. The van der Waals surface area contributed by atoms with Crippen LogP contribution in [0.25, 0.3) is 23.5 Å². The van der Waals surface area contributed by atoms with Gasteiger partial charge in [0, 0.05) is 24.3 Å². The topological polar surface area (TPSA) is 56.7 Å². The summed E-state index contributed by atoms with van der Waals surface area (Å²) in [5.41, 5.74) is -2.27. The monoisotopic (exact) mass is 436 g/mol. The highest BCUT2D eigenvalue weighted by molar-refractivity contribution is 6.31. The summed E-state index contributed by atoms with van der Waals surface area (Å²) >= 11 is 6.07. The van der Waals surface area contributed by atoms with Crippen molar-refractivity contribution in [2.75, 3.05) is 0 Å². The van der Waals surface area contributed by atoms with Gasteiger partial charge in [0.15, 0.2) is 0 Å². The molecule has 0 unspecified atom stereocenters. The van der Waals surface area contributed by atoms with Crippen LogP contribution in [0.1, 0.15) is 28.3 Å². The number of nitrogens with zero attached hydrogens (tertiary/aromatic N) is 4. The van der Waals surface area contributed by atoms with Crippen molar-refractivity contribution >= 4 is 23.8 Å². The Kier molecular flexibility index (Phi) is 5.20. The summed E-state index contributed by atoms with van der Waals surface area (Å²) in [7, 11) is 1.63. The van der Waals surface area contributed by atoms with E-state index < -0.39 is 34.9 Å². The number of benzene rings is 1. The Morgan fingerprint density at radius 1 is 1.00 bits per heavy atom. The van der Waals surface area contributed by atoms with Crippen LogP contribution < -0.4 is 0 Å². The van der Waals surface area contributed by atoms with E-state index in [9.17, 15) is 26.3 Å². The molecule has 154 valence electrons. The lowest BCUT2D eigenvalue weighted by molar-refractivity contribution is -0.143. The first-order chi connectivity index (χ1) is 13.4. The summed E-state index contributed by atoms with van der Waals surface area (Å²) in [5.74, 6) is -0.555. The first-order valence-electron chi connectivity index (χ1n) is 7.87. The van der Waals surface area contributed by atoms with E-state index in [1.165, 1.54) is 16.8 Å². The molecule has 12 heteroatoms. The van der Waals surface area contributed by atoms with E-state index in [0.717, 1.165) is 0 Å². The molecule has 29 heavy (non-hydrogen) atoms. The highest BCUT2D eigenvalue weighted by Gasteiger charge is 2.37. The minimum atomic E-state index is -4.98. The fraction of sp³-hybridized carbons (Fsp3) is 0.235. The lowest BCUT2D eigenvalue weighted by Gasteiger charge is -2.12. The highest BCUT2D eigenvalue weighted by Crippen LogP contribution is 2.38. The van der Waals surface area contributed by atoms with Crippen LogP contribution in [-0.2, 0) is 19.4 Å². The van der Waals surface area contributed by atoms with E-state index in [4.69, 9.17) is 16.1 Å². The molecule has 0 atom stereocenters. The first-order valence-corrected chi connectivity index (χ1v) is 8.25. The summed E-state index contributed by atoms with van der Waals surface area (Å²) in [6, 6.07) is 1.07. The van der Waals surface area contributed by atoms with E-state index in [1.807, 2.05) is 0 Å². The van der Waals surface area contributed by atoms with Crippen LogP contribution in [-0.4, -0.2) is 19.9 Å². The van der Waals surface area contributed by atoms with E-state index in [1.54, 1.807) is 14.0 Å². The highest BCUT2D eigenvalue weighted by atomic mass is 35.5. The normalized spacial score (nSPS) is 12.9. The van der Waals surface area contributed by atoms with Crippen LogP contribution in [0.2, 0.25) is 5.15 Å². The predicted molar refractivity (Wildman–Crippen MR) is 91.6 cm³/mol. The zero-order valence-electron chi connectivity index (χ0n) is 14.7. The predicted octanol–water partition coefficient (Wildman–Crippen LogP) is 5.64. The molecular formula is C17H11ClF6N4O. The van der Waals surface area contributed by atoms with Gasteiger partial charge in [-0.2, -0.15) is 36.4 Å². The molecule has 2 aromatic heterocycles. The van der Waals surface area contributed by atoms with Gasteiger partial charge in [-0.15, -0.1) is 0 Å². The van der Waals surface area contributed by atoms with Crippen LogP contribution in [0.15, 0.2) is 22.7 Å². The van der Waals surface area contributed by atoms with Crippen LogP contribution in [0.5, 0.6) is 0 Å². The quantitative estimate of drug-likeness (QED) is 0.499. The number of hydrogen-bond donors (Lipinski definition) is 0. The molecule has 0 bridgehead atoms. The van der Waals surface area contributed by atoms with E-state index in [2.05, 4.69) is 15.2 Å². The minimum Gasteiger partial charge on any atom is -0.334 e. The summed E-state index contributed by atoms with van der Waals surface area (Å²) in [4.78, 5) is 3.84. The molecule has 0 radical (unpaired) electrons. The SMILES string of the molecule is Cc1nn(C)c(Cl)c1/C=C/c1nc(-c2cc(C(F)(F)F)cc(C(F)(F)F)c2)no1. The Morgan fingerprint density at radius 3 is 2.07 bits per heavy atom. The molecule has 3 rings (SSSR count). The Hall–Kier alpha value is -2.82. The summed E-state index contributed by atoms with van der Waals surface area (Å²) < 4.78 is 84.2. The lowest BCUT2D eigenvalue weighted by Crippen LogP contribution is -2.11.